The van der Waals surface area contributed by atoms with Crippen LogP contribution in [-0.4, -0.2) is 197 Å². The number of nitrogens with one attached hydrogen (secondary N) is 12. The molecule has 1 aliphatic rings. The highest BCUT2D eigenvalue weighted by molar-refractivity contribution is 5.96. The summed E-state index contributed by atoms with van der Waals surface area (Å²) in [6.45, 7) is -1.62. The molecule has 0 radical (unpaired) electrons. The first-order valence-electron chi connectivity index (χ1n) is 28.1. The number of urea groups is 1. The molecule has 12 amide bonds. The average Bonchev–Trinajstić information content (AvgIpc) is 3.68. The van der Waals surface area contributed by atoms with Crippen LogP contribution in [0.4, 0.5) is 4.79 Å². The number of benzene rings is 2. The maximum Gasteiger partial charge on any atom is 0.326 e. The number of amides is 12. The fourth-order valence-electron chi connectivity index (χ4n) is 8.81. The molecule has 1 saturated carbocycles. The van der Waals surface area contributed by atoms with Gasteiger partial charge >= 0.3 is 35.9 Å². The second-order valence-corrected chi connectivity index (χ2v) is 20.6. The molecule has 2 aromatic rings. The summed E-state index contributed by atoms with van der Waals surface area (Å²) < 4.78 is 0. The minimum absolute atomic E-state index is 0.0501. The summed E-state index contributed by atoms with van der Waals surface area (Å²) >= 11 is 0. The number of rotatable bonds is 39. The molecule has 33 heteroatoms. The summed E-state index contributed by atoms with van der Waals surface area (Å²) in [6, 6.07) is 4.74. The Morgan fingerprint density at radius 1 is 0.443 bits per heavy atom. The van der Waals surface area contributed by atoms with Gasteiger partial charge in [-0.2, -0.15) is 0 Å². The summed E-state index contributed by atoms with van der Waals surface area (Å²) in [7, 11) is 0. The average molecular weight is 1240 g/mol. The number of carboxylic acid groups (broad SMARTS) is 5. The Balaban J connectivity index is 1.52. The maximum absolute atomic E-state index is 13.8. The molecule has 0 aromatic heterocycles. The Morgan fingerprint density at radius 2 is 0.920 bits per heavy atom. The molecule has 3 rings (SSSR count). The number of unbranched alkanes of at least 4 members (excludes halogenated alkanes) is 1. The summed E-state index contributed by atoms with van der Waals surface area (Å²) in [5, 5.41) is 76.5. The van der Waals surface area contributed by atoms with Crippen molar-refractivity contribution < 1.29 is 102 Å². The molecule has 482 valence electrons. The van der Waals surface area contributed by atoms with E-state index in [0.717, 1.165) is 16.3 Å². The van der Waals surface area contributed by atoms with Crippen molar-refractivity contribution >= 4 is 106 Å². The van der Waals surface area contributed by atoms with Crippen molar-refractivity contribution in [1.82, 2.24) is 63.8 Å². The van der Waals surface area contributed by atoms with E-state index in [1.54, 1.807) is 0 Å². The van der Waals surface area contributed by atoms with E-state index in [1.165, 1.54) is 6.92 Å². The van der Waals surface area contributed by atoms with Crippen molar-refractivity contribution in [1.29, 1.82) is 0 Å². The highest BCUT2D eigenvalue weighted by atomic mass is 16.4. The molecule has 0 spiro atoms. The Hall–Kier alpha value is -9.98. The molecule has 88 heavy (non-hydrogen) atoms. The van der Waals surface area contributed by atoms with Crippen LogP contribution in [0.15, 0.2) is 42.5 Å². The van der Waals surface area contributed by atoms with Crippen LogP contribution < -0.4 is 63.8 Å². The first kappa shape index (κ1) is 72.3. The molecule has 5 atom stereocenters. The van der Waals surface area contributed by atoms with Crippen molar-refractivity contribution in [2.24, 2.45) is 11.8 Å². The molecule has 0 heterocycles. The minimum atomic E-state index is -1.63. The summed E-state index contributed by atoms with van der Waals surface area (Å²) in [6.07, 6.45) is -1.20. The van der Waals surface area contributed by atoms with E-state index in [1.807, 2.05) is 42.5 Å². The summed E-state index contributed by atoms with van der Waals surface area (Å²) in [5.74, 6) is -15.1. The van der Waals surface area contributed by atoms with Gasteiger partial charge in [-0.3, -0.25) is 62.3 Å². The van der Waals surface area contributed by atoms with Crippen LogP contribution in [-0.2, 0) is 78.3 Å². The van der Waals surface area contributed by atoms with E-state index >= 15 is 0 Å². The lowest BCUT2D eigenvalue weighted by molar-refractivity contribution is -0.141. The molecule has 0 unspecified atom stereocenters. The van der Waals surface area contributed by atoms with E-state index in [2.05, 4.69) is 63.8 Å². The van der Waals surface area contributed by atoms with Gasteiger partial charge in [0.15, 0.2) is 0 Å². The Bertz CT molecular complexity index is 2860. The quantitative estimate of drug-likeness (QED) is 0.0288. The van der Waals surface area contributed by atoms with Gasteiger partial charge in [0.1, 0.15) is 30.2 Å². The topological polar surface area (TPSA) is 519 Å². The monoisotopic (exact) mass is 1240 g/mol. The number of hydrogen-bond donors (Lipinski definition) is 17. The number of carbonyl (C=O) groups excluding carboxylic acids is 11. The standard InChI is InChI=1S/C55H76N12O21/c1-30(68)57-25-41(69)59-26-42(70)60-27-43(71)61-29-45(73)63-37(16-19-47(76)77)52(83)64-36(15-18-46(74)75)50(81)62-28-44(72)58-24-31-9-13-34(14-10-31)49(80)65-40(23-32-11-12-33-6-2-3-7-35(33)22-32)51(82)56-21-5-4-8-38(53(84)85)66-55(88)67-39(54(86)87)17-20-48(78)79/h2-3,6-7,11-12,22,31,34,36-40H,4-5,8-10,13-21,23-29H2,1H3,(H,56,82)(H,57,68)(H,58,72)(H,59,69)(H,60,70)(H,61,71)(H,62,81)(H,63,73)(H,64,83)(H,65,80)(H,74,75)(H,76,77)(H,78,79)(H,84,85)(H,86,87)(H2,66,67,88)/t31?,34?,36-,37-,38-,39-,40-/m0/s1. The second-order valence-electron chi connectivity index (χ2n) is 20.6. The van der Waals surface area contributed by atoms with Crippen molar-refractivity contribution in [3.8, 4) is 0 Å². The Morgan fingerprint density at radius 3 is 1.47 bits per heavy atom. The largest absolute Gasteiger partial charge is 0.481 e. The Kier molecular flexibility index (Phi) is 31.3. The molecule has 33 nitrogen and oxygen atoms in total. The third-order valence-corrected chi connectivity index (χ3v) is 13.6. The molecule has 0 aliphatic heterocycles. The molecule has 0 saturated heterocycles. The van der Waals surface area contributed by atoms with E-state index < -0.39 is 190 Å². The minimum Gasteiger partial charge on any atom is -0.481 e. The van der Waals surface area contributed by atoms with Crippen LogP contribution in [0.3, 0.4) is 0 Å². The zero-order valence-corrected chi connectivity index (χ0v) is 48.2. The van der Waals surface area contributed by atoms with Crippen molar-refractivity contribution in [2.45, 2.75) is 127 Å². The van der Waals surface area contributed by atoms with Gasteiger partial charge in [-0.1, -0.05) is 42.5 Å². The normalized spacial score (nSPS) is 15.1. The van der Waals surface area contributed by atoms with Gasteiger partial charge in [-0.25, -0.2) is 14.4 Å². The fourth-order valence-corrected chi connectivity index (χ4v) is 8.81. The third kappa shape index (κ3) is 29.2. The number of fused-ring (bicyclic) bond motifs is 1. The molecular formula is C55H76N12O21. The second kappa shape index (κ2) is 38.1. The van der Waals surface area contributed by atoms with E-state index in [0.29, 0.717) is 25.7 Å². The molecule has 1 fully saturated rings. The number of aliphatic carboxylic acids is 5. The molecule has 1 aliphatic carbocycles. The third-order valence-electron chi connectivity index (χ3n) is 13.6. The SMILES string of the molecule is CC(=O)NCC(=O)NCC(=O)NCC(=O)NCC(=O)N[C@@H](CCC(=O)O)C(=O)N[C@@H](CCC(=O)O)C(=O)NCC(=O)NCC1CCC(C(=O)N[C@@H](Cc2ccc3ccccc3c2)C(=O)NCCCC[C@H](NC(=O)N[C@@H](CCC(=O)O)C(=O)O)C(=O)O)CC1. The van der Waals surface area contributed by atoms with Gasteiger partial charge in [-0.05, 0) is 86.5 Å². The zero-order chi connectivity index (χ0) is 65.3. The molecule has 17 N–H and O–H groups in total. The first-order chi connectivity index (χ1) is 41.7. The zero-order valence-electron chi connectivity index (χ0n) is 48.2. The number of carboxylic acids is 5. The van der Waals surface area contributed by atoms with Crippen molar-refractivity contribution in [3.63, 3.8) is 0 Å². The van der Waals surface area contributed by atoms with E-state index in [-0.39, 0.29) is 57.1 Å². The van der Waals surface area contributed by atoms with Crippen LogP contribution in [0.25, 0.3) is 10.8 Å². The lowest BCUT2D eigenvalue weighted by atomic mass is 9.81. The van der Waals surface area contributed by atoms with Crippen molar-refractivity contribution in [3.05, 3.63) is 48.0 Å². The van der Waals surface area contributed by atoms with Crippen molar-refractivity contribution in [2.75, 3.05) is 45.8 Å². The fraction of sp³-hybridized carbons (Fsp3) is 0.527. The predicted octanol–water partition coefficient (Wildman–Crippen LogP) is -3.55. The van der Waals surface area contributed by atoms with Gasteiger partial charge in [-0.15, -0.1) is 0 Å². The predicted molar refractivity (Wildman–Crippen MR) is 305 cm³/mol. The Labute approximate surface area is 503 Å². The van der Waals surface area contributed by atoms with Gasteiger partial charge in [0.2, 0.25) is 59.1 Å². The molecule has 0 bridgehead atoms. The van der Waals surface area contributed by atoms with Crippen LogP contribution in [0.1, 0.15) is 96.0 Å². The van der Waals surface area contributed by atoms with Crippen LogP contribution in [0.2, 0.25) is 0 Å². The van der Waals surface area contributed by atoms with Gasteiger partial charge in [0.05, 0.1) is 32.7 Å². The smallest absolute Gasteiger partial charge is 0.326 e. The summed E-state index contributed by atoms with van der Waals surface area (Å²) in [5.41, 5.74) is 0.745. The van der Waals surface area contributed by atoms with E-state index in [9.17, 15) is 97.1 Å². The van der Waals surface area contributed by atoms with Gasteiger partial charge in [0.25, 0.3) is 0 Å². The molecular weight excluding hydrogens is 1160 g/mol. The van der Waals surface area contributed by atoms with E-state index in [4.69, 9.17) is 5.11 Å². The highest BCUT2D eigenvalue weighted by Crippen LogP contribution is 2.29. The first-order valence-corrected chi connectivity index (χ1v) is 28.1. The summed E-state index contributed by atoms with van der Waals surface area (Å²) in [4.78, 5) is 196. The van der Waals surface area contributed by atoms with Crippen LogP contribution in [0.5, 0.6) is 0 Å². The van der Waals surface area contributed by atoms with Crippen LogP contribution >= 0.6 is 0 Å². The number of carbonyl (C=O) groups is 16. The van der Waals surface area contributed by atoms with Gasteiger partial charge < -0.3 is 89.3 Å². The lowest BCUT2D eigenvalue weighted by Crippen LogP contribution is -2.55. The van der Waals surface area contributed by atoms with Crippen LogP contribution in [0, 0.1) is 11.8 Å². The maximum atomic E-state index is 13.8. The number of hydrogen-bond acceptors (Lipinski definition) is 16. The highest BCUT2D eigenvalue weighted by Gasteiger charge is 2.32. The van der Waals surface area contributed by atoms with Gasteiger partial charge in [0, 0.05) is 51.6 Å². The lowest BCUT2D eigenvalue weighted by Gasteiger charge is -2.29. The molecule has 2 aromatic carbocycles.